The molecular weight excluding hydrogens is 176 g/mol. The van der Waals surface area contributed by atoms with Gasteiger partial charge < -0.3 is 9.84 Å². The lowest BCUT2D eigenvalue weighted by molar-refractivity contribution is 0.134. The Morgan fingerprint density at radius 1 is 1.58 bits per heavy atom. The van der Waals surface area contributed by atoms with Gasteiger partial charge in [-0.1, -0.05) is 23.7 Å². The number of rotatable bonds is 1. The topological polar surface area (TPSA) is 29.5 Å². The fourth-order valence-corrected chi connectivity index (χ4v) is 1.64. The fourth-order valence-electron chi connectivity index (χ4n) is 1.40. The van der Waals surface area contributed by atoms with Crippen molar-refractivity contribution >= 4 is 11.6 Å². The van der Waals surface area contributed by atoms with Gasteiger partial charge in [0.05, 0.1) is 11.6 Å². The van der Waals surface area contributed by atoms with Crippen LogP contribution in [0, 0.1) is 0 Å². The predicted octanol–water partition coefficient (Wildman–Crippen LogP) is 1.64. The van der Waals surface area contributed by atoms with Crippen molar-refractivity contribution in [3.63, 3.8) is 0 Å². The van der Waals surface area contributed by atoms with Gasteiger partial charge in [0.15, 0.2) is 0 Å². The molecule has 1 heterocycles. The minimum absolute atomic E-state index is 0.0466. The number of fused-ring (bicyclic) bond motifs is 1. The van der Waals surface area contributed by atoms with E-state index in [-0.39, 0.29) is 12.7 Å². The van der Waals surface area contributed by atoms with Gasteiger partial charge in [-0.25, -0.2) is 0 Å². The molecule has 0 saturated carbocycles. The molecule has 0 aromatic heterocycles. The Labute approximate surface area is 75.7 Å². The summed E-state index contributed by atoms with van der Waals surface area (Å²) < 4.78 is 5.40. The molecule has 64 valence electrons. The lowest BCUT2D eigenvalue weighted by atomic mass is 10.1. The second-order valence-electron chi connectivity index (χ2n) is 2.85. The molecule has 0 spiro atoms. The molecule has 0 saturated heterocycles. The largest absolute Gasteiger partial charge is 0.486 e. The third-order valence-electron chi connectivity index (χ3n) is 1.98. The van der Waals surface area contributed by atoms with Crippen molar-refractivity contribution in [2.45, 2.75) is 12.5 Å². The molecule has 1 aromatic carbocycles. The van der Waals surface area contributed by atoms with Gasteiger partial charge in [-0.2, -0.15) is 0 Å². The van der Waals surface area contributed by atoms with Crippen LogP contribution in [0.1, 0.15) is 5.56 Å². The molecule has 12 heavy (non-hydrogen) atoms. The van der Waals surface area contributed by atoms with Crippen LogP contribution in [0.25, 0.3) is 0 Å². The monoisotopic (exact) mass is 184 g/mol. The minimum atomic E-state index is -0.111. The van der Waals surface area contributed by atoms with E-state index in [2.05, 4.69) is 0 Å². The van der Waals surface area contributed by atoms with Crippen LogP contribution in [0.5, 0.6) is 5.75 Å². The molecule has 1 aromatic rings. The summed E-state index contributed by atoms with van der Waals surface area (Å²) in [6, 6.07) is 5.65. The van der Waals surface area contributed by atoms with Gasteiger partial charge in [-0.05, 0) is 11.6 Å². The zero-order valence-corrected chi connectivity index (χ0v) is 7.21. The first-order valence-corrected chi connectivity index (χ1v) is 4.24. The smallest absolute Gasteiger partial charge is 0.141 e. The number of hydrogen-bond donors (Lipinski definition) is 1. The van der Waals surface area contributed by atoms with Gasteiger partial charge in [0, 0.05) is 6.42 Å². The van der Waals surface area contributed by atoms with E-state index in [0.717, 1.165) is 17.7 Å². The molecule has 1 aliphatic rings. The summed E-state index contributed by atoms with van der Waals surface area (Å²) in [7, 11) is 0. The summed E-state index contributed by atoms with van der Waals surface area (Å²) >= 11 is 5.89. The summed E-state index contributed by atoms with van der Waals surface area (Å²) in [4.78, 5) is 0. The molecule has 2 nitrogen and oxygen atoms in total. The van der Waals surface area contributed by atoms with Crippen LogP contribution in [0.15, 0.2) is 18.2 Å². The Kier molecular flexibility index (Phi) is 1.95. The zero-order valence-electron chi connectivity index (χ0n) is 6.46. The Bertz CT molecular complexity index is 299. The van der Waals surface area contributed by atoms with Crippen molar-refractivity contribution in [2.75, 3.05) is 6.61 Å². The van der Waals surface area contributed by atoms with Crippen LogP contribution in [-0.4, -0.2) is 17.8 Å². The summed E-state index contributed by atoms with van der Waals surface area (Å²) in [5.74, 6) is 0.734. The Hall–Kier alpha value is -0.730. The maximum Gasteiger partial charge on any atom is 0.141 e. The third-order valence-corrected chi connectivity index (χ3v) is 2.28. The second kappa shape index (κ2) is 2.96. The van der Waals surface area contributed by atoms with E-state index in [1.807, 2.05) is 12.1 Å². The number of hydrogen-bond acceptors (Lipinski definition) is 2. The highest BCUT2D eigenvalue weighted by atomic mass is 35.5. The van der Waals surface area contributed by atoms with E-state index in [0.29, 0.717) is 5.02 Å². The Morgan fingerprint density at radius 3 is 3.08 bits per heavy atom. The average molecular weight is 185 g/mol. The molecule has 0 bridgehead atoms. The molecule has 1 aliphatic heterocycles. The minimum Gasteiger partial charge on any atom is -0.486 e. The fraction of sp³-hybridized carbons (Fsp3) is 0.333. The second-order valence-corrected chi connectivity index (χ2v) is 3.26. The molecule has 0 radical (unpaired) electrons. The van der Waals surface area contributed by atoms with Gasteiger partial charge >= 0.3 is 0 Å². The molecule has 1 unspecified atom stereocenters. The van der Waals surface area contributed by atoms with E-state index < -0.39 is 0 Å². The molecule has 0 aliphatic carbocycles. The molecule has 1 N–H and O–H groups in total. The van der Waals surface area contributed by atoms with Crippen molar-refractivity contribution in [3.8, 4) is 5.75 Å². The van der Waals surface area contributed by atoms with Crippen molar-refractivity contribution in [1.29, 1.82) is 0 Å². The van der Waals surface area contributed by atoms with Gasteiger partial charge in [0.25, 0.3) is 0 Å². The van der Waals surface area contributed by atoms with Crippen molar-refractivity contribution in [3.05, 3.63) is 28.8 Å². The first-order valence-electron chi connectivity index (χ1n) is 3.86. The predicted molar refractivity (Wildman–Crippen MR) is 46.7 cm³/mol. The van der Waals surface area contributed by atoms with Gasteiger partial charge in [-0.3, -0.25) is 0 Å². The van der Waals surface area contributed by atoms with Crippen LogP contribution in [0.4, 0.5) is 0 Å². The van der Waals surface area contributed by atoms with Crippen LogP contribution >= 0.6 is 11.6 Å². The molecule has 3 heteroatoms. The lowest BCUT2D eigenvalue weighted by Gasteiger charge is -2.05. The van der Waals surface area contributed by atoms with Gasteiger partial charge in [0.1, 0.15) is 11.9 Å². The normalized spacial score (nSPS) is 20.3. The van der Waals surface area contributed by atoms with Crippen LogP contribution < -0.4 is 4.74 Å². The number of benzene rings is 1. The molecule has 1 atom stereocenters. The summed E-state index contributed by atoms with van der Waals surface area (Å²) in [5, 5.41) is 9.49. The van der Waals surface area contributed by atoms with Crippen LogP contribution in [0.3, 0.4) is 0 Å². The average Bonchev–Trinajstić information content (AvgIpc) is 2.49. The summed E-state index contributed by atoms with van der Waals surface area (Å²) in [6.07, 6.45) is 0.645. The highest BCUT2D eigenvalue weighted by Crippen LogP contribution is 2.35. The van der Waals surface area contributed by atoms with Gasteiger partial charge in [0.2, 0.25) is 0 Å². The van der Waals surface area contributed by atoms with E-state index in [1.165, 1.54) is 0 Å². The maximum absolute atomic E-state index is 8.86. The molecule has 0 amide bonds. The number of aliphatic hydroxyl groups excluding tert-OH is 1. The van der Waals surface area contributed by atoms with Crippen molar-refractivity contribution in [2.24, 2.45) is 0 Å². The standard InChI is InChI=1S/C9H9ClO2/c10-8-3-1-2-6-4-7(5-11)12-9(6)8/h1-3,7,11H,4-5H2. The number of para-hydroxylation sites is 1. The van der Waals surface area contributed by atoms with Crippen LogP contribution in [-0.2, 0) is 6.42 Å². The van der Waals surface area contributed by atoms with Crippen molar-refractivity contribution < 1.29 is 9.84 Å². The summed E-state index contributed by atoms with van der Waals surface area (Å²) in [5.41, 5.74) is 1.08. The zero-order chi connectivity index (χ0) is 8.55. The molecule has 0 fully saturated rings. The first kappa shape index (κ1) is 7.90. The van der Waals surface area contributed by atoms with E-state index >= 15 is 0 Å². The first-order chi connectivity index (χ1) is 5.81. The van der Waals surface area contributed by atoms with E-state index in [9.17, 15) is 0 Å². The quantitative estimate of drug-likeness (QED) is 0.719. The van der Waals surface area contributed by atoms with Crippen molar-refractivity contribution in [1.82, 2.24) is 0 Å². The Balaban J connectivity index is 2.35. The summed E-state index contributed by atoms with van der Waals surface area (Å²) in [6.45, 7) is 0.0466. The maximum atomic E-state index is 8.86. The molecule has 2 rings (SSSR count). The number of ether oxygens (including phenoxy) is 1. The van der Waals surface area contributed by atoms with E-state index in [1.54, 1.807) is 6.07 Å². The Morgan fingerprint density at radius 2 is 2.42 bits per heavy atom. The number of aliphatic hydroxyl groups is 1. The SMILES string of the molecule is OCC1Cc2cccc(Cl)c2O1. The lowest BCUT2D eigenvalue weighted by Crippen LogP contribution is -2.17. The van der Waals surface area contributed by atoms with E-state index in [4.69, 9.17) is 21.4 Å². The highest BCUT2D eigenvalue weighted by Gasteiger charge is 2.23. The highest BCUT2D eigenvalue weighted by molar-refractivity contribution is 6.32. The molecular formula is C9H9ClO2. The van der Waals surface area contributed by atoms with Crippen LogP contribution in [0.2, 0.25) is 5.02 Å². The number of halogens is 1. The third kappa shape index (κ3) is 1.17. The van der Waals surface area contributed by atoms with Gasteiger partial charge in [-0.15, -0.1) is 0 Å².